The van der Waals surface area contributed by atoms with Gasteiger partial charge in [0.2, 0.25) is 5.95 Å². The van der Waals surface area contributed by atoms with Gasteiger partial charge in [0.05, 0.1) is 5.69 Å². The molecule has 4 rings (SSSR count). The molecule has 0 amide bonds. The number of H-pyrrole nitrogens is 1. The SMILES string of the molecule is Fc1ccc(Nc2nccc(NCCc3c[nH]c4ccccc34)n2)c(F)c1. The number of anilines is 3. The van der Waals surface area contributed by atoms with Crippen molar-refractivity contribution in [2.75, 3.05) is 17.2 Å². The van der Waals surface area contributed by atoms with E-state index < -0.39 is 11.6 Å². The first-order chi connectivity index (χ1) is 13.2. The van der Waals surface area contributed by atoms with Crippen molar-refractivity contribution in [3.8, 4) is 0 Å². The largest absolute Gasteiger partial charge is 0.370 e. The number of hydrogen-bond acceptors (Lipinski definition) is 4. The van der Waals surface area contributed by atoms with Crippen LogP contribution >= 0.6 is 0 Å². The second kappa shape index (κ2) is 7.41. The molecular formula is C20H17F2N5. The molecule has 0 aliphatic rings. The predicted octanol–water partition coefficient (Wildman–Crippen LogP) is 4.63. The molecule has 0 atom stereocenters. The van der Waals surface area contributed by atoms with E-state index in [4.69, 9.17) is 0 Å². The van der Waals surface area contributed by atoms with E-state index >= 15 is 0 Å². The minimum Gasteiger partial charge on any atom is -0.370 e. The van der Waals surface area contributed by atoms with E-state index in [-0.39, 0.29) is 11.6 Å². The molecule has 2 aromatic heterocycles. The predicted molar refractivity (Wildman–Crippen MR) is 102 cm³/mol. The van der Waals surface area contributed by atoms with Gasteiger partial charge < -0.3 is 15.6 Å². The third kappa shape index (κ3) is 3.87. The maximum Gasteiger partial charge on any atom is 0.229 e. The third-order valence-corrected chi connectivity index (χ3v) is 4.21. The molecule has 0 fully saturated rings. The van der Waals surface area contributed by atoms with Crippen molar-refractivity contribution >= 4 is 28.4 Å². The van der Waals surface area contributed by atoms with Crippen molar-refractivity contribution in [3.05, 3.63) is 78.1 Å². The zero-order valence-electron chi connectivity index (χ0n) is 14.3. The summed E-state index contributed by atoms with van der Waals surface area (Å²) in [6.45, 7) is 0.684. The highest BCUT2D eigenvalue weighted by Crippen LogP contribution is 2.20. The minimum atomic E-state index is -0.698. The molecule has 0 aliphatic carbocycles. The molecule has 2 aromatic carbocycles. The van der Waals surface area contributed by atoms with Crippen LogP contribution in [0.25, 0.3) is 10.9 Å². The molecule has 3 N–H and O–H groups in total. The number of rotatable bonds is 6. The van der Waals surface area contributed by atoms with Crippen LogP contribution in [0.15, 0.2) is 60.9 Å². The van der Waals surface area contributed by atoms with E-state index in [2.05, 4.69) is 31.7 Å². The molecule has 7 heteroatoms. The molecule has 0 unspecified atom stereocenters. The van der Waals surface area contributed by atoms with Crippen molar-refractivity contribution in [1.82, 2.24) is 15.0 Å². The Bertz CT molecular complexity index is 1080. The quantitative estimate of drug-likeness (QED) is 0.466. The minimum absolute atomic E-state index is 0.118. The summed E-state index contributed by atoms with van der Waals surface area (Å²) >= 11 is 0. The number of para-hydroxylation sites is 1. The average molecular weight is 365 g/mol. The first kappa shape index (κ1) is 17.0. The number of hydrogen-bond donors (Lipinski definition) is 3. The highest BCUT2D eigenvalue weighted by atomic mass is 19.1. The summed E-state index contributed by atoms with van der Waals surface area (Å²) in [7, 11) is 0. The smallest absolute Gasteiger partial charge is 0.229 e. The second-order valence-electron chi connectivity index (χ2n) is 6.05. The molecule has 5 nitrogen and oxygen atoms in total. The first-order valence-corrected chi connectivity index (χ1v) is 8.53. The fourth-order valence-corrected chi connectivity index (χ4v) is 2.89. The van der Waals surface area contributed by atoms with Gasteiger partial charge in [-0.2, -0.15) is 4.98 Å². The van der Waals surface area contributed by atoms with Crippen LogP contribution in [0.5, 0.6) is 0 Å². The Morgan fingerprint density at radius 2 is 1.93 bits per heavy atom. The van der Waals surface area contributed by atoms with Gasteiger partial charge in [-0.15, -0.1) is 0 Å². The normalized spacial score (nSPS) is 10.9. The number of fused-ring (bicyclic) bond motifs is 1. The van der Waals surface area contributed by atoms with Crippen LogP contribution in [0, 0.1) is 11.6 Å². The van der Waals surface area contributed by atoms with Crippen LogP contribution in [0.1, 0.15) is 5.56 Å². The maximum absolute atomic E-state index is 13.7. The Balaban J connectivity index is 1.40. The van der Waals surface area contributed by atoms with Crippen molar-refractivity contribution in [1.29, 1.82) is 0 Å². The Hall–Kier alpha value is -3.48. The highest BCUT2D eigenvalue weighted by Gasteiger charge is 2.07. The van der Waals surface area contributed by atoms with Crippen molar-refractivity contribution in [2.24, 2.45) is 0 Å². The lowest BCUT2D eigenvalue weighted by Gasteiger charge is -2.09. The molecule has 0 aliphatic heterocycles. The Morgan fingerprint density at radius 1 is 1.04 bits per heavy atom. The monoisotopic (exact) mass is 365 g/mol. The number of aromatic nitrogens is 3. The van der Waals surface area contributed by atoms with Crippen molar-refractivity contribution < 1.29 is 8.78 Å². The fraction of sp³-hybridized carbons (Fsp3) is 0.100. The molecular weight excluding hydrogens is 348 g/mol. The summed E-state index contributed by atoms with van der Waals surface area (Å²) in [5.74, 6) is -0.476. The second-order valence-corrected chi connectivity index (χ2v) is 6.05. The van der Waals surface area contributed by atoms with Gasteiger partial charge in [0.15, 0.2) is 0 Å². The van der Waals surface area contributed by atoms with Crippen LogP contribution in [0.2, 0.25) is 0 Å². The van der Waals surface area contributed by atoms with Crippen LogP contribution in [0.3, 0.4) is 0 Å². The van der Waals surface area contributed by atoms with E-state index in [0.717, 1.165) is 18.0 Å². The topological polar surface area (TPSA) is 65.6 Å². The standard InChI is InChI=1S/C20H17F2N5/c21-14-5-6-18(16(22)11-14)26-20-24-10-8-19(27-20)23-9-7-13-12-25-17-4-2-1-3-15(13)17/h1-6,8,10-12,25H,7,9H2,(H2,23,24,26,27). The van der Waals surface area contributed by atoms with Gasteiger partial charge in [-0.3, -0.25) is 0 Å². The summed E-state index contributed by atoms with van der Waals surface area (Å²) in [5, 5.41) is 7.20. The number of aromatic amines is 1. The molecule has 0 saturated carbocycles. The molecule has 27 heavy (non-hydrogen) atoms. The summed E-state index contributed by atoms with van der Waals surface area (Å²) < 4.78 is 26.7. The highest BCUT2D eigenvalue weighted by molar-refractivity contribution is 5.83. The van der Waals surface area contributed by atoms with Crippen LogP contribution in [-0.4, -0.2) is 21.5 Å². The summed E-state index contributed by atoms with van der Waals surface area (Å²) in [5.41, 5.74) is 2.45. The Morgan fingerprint density at radius 3 is 2.81 bits per heavy atom. The van der Waals surface area contributed by atoms with E-state index in [1.54, 1.807) is 12.3 Å². The molecule has 2 heterocycles. The van der Waals surface area contributed by atoms with Gasteiger partial charge in [0.25, 0.3) is 0 Å². The average Bonchev–Trinajstić information content (AvgIpc) is 3.08. The van der Waals surface area contributed by atoms with Crippen molar-refractivity contribution in [2.45, 2.75) is 6.42 Å². The number of halogens is 2. The van der Waals surface area contributed by atoms with E-state index in [0.29, 0.717) is 12.4 Å². The van der Waals surface area contributed by atoms with Gasteiger partial charge in [-0.05, 0) is 36.2 Å². The van der Waals surface area contributed by atoms with Gasteiger partial charge in [-0.25, -0.2) is 13.8 Å². The van der Waals surface area contributed by atoms with Gasteiger partial charge in [0.1, 0.15) is 17.5 Å². The third-order valence-electron chi connectivity index (χ3n) is 4.21. The lowest BCUT2D eigenvalue weighted by atomic mass is 10.1. The first-order valence-electron chi connectivity index (χ1n) is 8.53. The molecule has 0 bridgehead atoms. The van der Waals surface area contributed by atoms with Crippen LogP contribution in [-0.2, 0) is 6.42 Å². The zero-order chi connectivity index (χ0) is 18.6. The summed E-state index contributed by atoms with van der Waals surface area (Å²) in [4.78, 5) is 11.6. The Kier molecular flexibility index (Phi) is 4.65. The molecule has 4 aromatic rings. The van der Waals surface area contributed by atoms with Gasteiger partial charge in [-0.1, -0.05) is 18.2 Å². The summed E-state index contributed by atoms with van der Waals surface area (Å²) in [6, 6.07) is 13.2. The number of benzene rings is 2. The van der Waals surface area contributed by atoms with Crippen molar-refractivity contribution in [3.63, 3.8) is 0 Å². The molecule has 136 valence electrons. The molecule has 0 saturated heterocycles. The number of nitrogens with zero attached hydrogens (tertiary/aromatic N) is 2. The molecule has 0 spiro atoms. The number of nitrogens with one attached hydrogen (secondary N) is 3. The maximum atomic E-state index is 13.7. The van der Waals surface area contributed by atoms with Gasteiger partial charge >= 0.3 is 0 Å². The van der Waals surface area contributed by atoms with E-state index in [1.807, 2.05) is 24.4 Å². The lowest BCUT2D eigenvalue weighted by Crippen LogP contribution is -2.08. The fourth-order valence-electron chi connectivity index (χ4n) is 2.89. The zero-order valence-corrected chi connectivity index (χ0v) is 14.3. The van der Waals surface area contributed by atoms with E-state index in [9.17, 15) is 8.78 Å². The molecule has 0 radical (unpaired) electrons. The lowest BCUT2D eigenvalue weighted by molar-refractivity contribution is 0.586. The van der Waals surface area contributed by atoms with Crippen LogP contribution < -0.4 is 10.6 Å². The van der Waals surface area contributed by atoms with Crippen LogP contribution in [0.4, 0.5) is 26.2 Å². The summed E-state index contributed by atoms with van der Waals surface area (Å²) in [6.07, 6.45) is 4.41. The Labute approximate surface area is 154 Å². The van der Waals surface area contributed by atoms with Gasteiger partial charge in [0, 0.05) is 35.9 Å². The van der Waals surface area contributed by atoms with E-state index in [1.165, 1.54) is 23.1 Å².